The lowest BCUT2D eigenvalue weighted by Gasteiger charge is -2.44. The maximum atomic E-state index is 10.7. The molecule has 0 aliphatic rings. The van der Waals surface area contributed by atoms with Crippen molar-refractivity contribution in [3.8, 4) is 0 Å². The number of hydrogen-bond acceptors (Lipinski definition) is 4. The fourth-order valence-corrected chi connectivity index (χ4v) is 4.19. The second kappa shape index (κ2) is 21.2. The minimum atomic E-state index is -1.15. The van der Waals surface area contributed by atoms with Crippen LogP contribution in [0.3, 0.4) is 0 Å². The highest BCUT2D eigenvalue weighted by atomic mass is 16.4. The maximum absolute atomic E-state index is 10.7. The Morgan fingerprint density at radius 1 is 0.800 bits per heavy atom. The lowest BCUT2D eigenvalue weighted by molar-refractivity contribution is -0.213. The Morgan fingerprint density at radius 2 is 1.23 bits per heavy atom. The van der Waals surface area contributed by atoms with Gasteiger partial charge in [0.1, 0.15) is 11.3 Å². The second-order valence-corrected chi connectivity index (χ2v) is 11.5. The van der Waals surface area contributed by atoms with Gasteiger partial charge in [0.25, 0.3) is 0 Å². The third-order valence-electron chi connectivity index (χ3n) is 6.73. The molecule has 35 heavy (non-hydrogen) atoms. The molecule has 0 aromatic rings. The number of carboxylic acids is 1. The first-order chi connectivity index (χ1) is 16.3. The van der Waals surface area contributed by atoms with Crippen LogP contribution in [-0.2, 0) is 4.79 Å². The third-order valence-corrected chi connectivity index (χ3v) is 6.73. The van der Waals surface area contributed by atoms with Crippen molar-refractivity contribution in [3.63, 3.8) is 0 Å². The zero-order valence-electron chi connectivity index (χ0n) is 24.6. The van der Waals surface area contributed by atoms with Gasteiger partial charge in [0.15, 0.2) is 0 Å². The van der Waals surface area contributed by atoms with Gasteiger partial charge in [-0.15, -0.1) is 0 Å². The number of carbonyl (C=O) groups is 1. The molecule has 2 atom stereocenters. The first-order valence-corrected chi connectivity index (χ1v) is 14.3. The van der Waals surface area contributed by atoms with Crippen molar-refractivity contribution in [2.45, 2.75) is 149 Å². The van der Waals surface area contributed by atoms with Crippen molar-refractivity contribution in [2.24, 2.45) is 11.8 Å². The number of likely N-dealkylation sites (N-methyl/N-ethyl adjacent to an activating group) is 1. The van der Waals surface area contributed by atoms with Crippen LogP contribution in [0.5, 0.6) is 0 Å². The van der Waals surface area contributed by atoms with Gasteiger partial charge in [0.05, 0.1) is 5.92 Å². The normalized spacial score (nSPS) is 14.7. The van der Waals surface area contributed by atoms with Crippen molar-refractivity contribution in [1.29, 1.82) is 0 Å². The molecule has 0 amide bonds. The molecule has 0 aromatic carbocycles. The molecule has 0 aliphatic carbocycles. The van der Waals surface area contributed by atoms with Crippen LogP contribution in [-0.4, -0.2) is 51.6 Å². The van der Waals surface area contributed by atoms with Crippen LogP contribution >= 0.6 is 0 Å². The van der Waals surface area contributed by atoms with Crippen LogP contribution in [0.1, 0.15) is 138 Å². The molecule has 0 heterocycles. The molecule has 0 aliphatic heterocycles. The van der Waals surface area contributed by atoms with Gasteiger partial charge in [-0.1, -0.05) is 97.6 Å². The Balaban J connectivity index is 0. The first kappa shape index (κ1) is 36.2. The summed E-state index contributed by atoms with van der Waals surface area (Å²) < 4.78 is 0. The first-order valence-electron chi connectivity index (χ1n) is 14.3. The van der Waals surface area contributed by atoms with Crippen LogP contribution in [0.25, 0.3) is 0 Å². The summed E-state index contributed by atoms with van der Waals surface area (Å²) in [5.41, 5.74) is -2.26. The van der Waals surface area contributed by atoms with E-state index < -0.39 is 17.3 Å². The molecule has 0 bridgehead atoms. The molecule has 0 saturated carbocycles. The van der Waals surface area contributed by atoms with Crippen molar-refractivity contribution in [3.05, 3.63) is 12.2 Å². The average Bonchev–Trinajstić information content (AvgIpc) is 2.75. The molecular weight excluding hydrogens is 438 g/mol. The molecule has 2 unspecified atom stereocenters. The molecule has 0 radical (unpaired) electrons. The molecule has 0 fully saturated rings. The third kappa shape index (κ3) is 19.9. The topological polar surface area (TPSA) is 81.0 Å². The Bertz CT molecular complexity index is 525. The quantitative estimate of drug-likeness (QED) is 0.0904. The van der Waals surface area contributed by atoms with Crippen molar-refractivity contribution in [2.75, 3.05) is 14.1 Å². The Morgan fingerprint density at radius 3 is 1.57 bits per heavy atom. The molecule has 210 valence electrons. The molecular formula is C30H61NO4. The zero-order chi connectivity index (χ0) is 27.3. The van der Waals surface area contributed by atoms with E-state index in [1.807, 2.05) is 13.8 Å². The predicted molar refractivity (Wildman–Crippen MR) is 151 cm³/mol. The fraction of sp³-hybridized carbons (Fsp3) is 0.900. The Hall–Kier alpha value is -0.910. The minimum Gasteiger partial charge on any atom is -0.481 e. The van der Waals surface area contributed by atoms with Gasteiger partial charge in [0, 0.05) is 0 Å². The summed E-state index contributed by atoms with van der Waals surface area (Å²) in [6.07, 6.45) is 22.9. The monoisotopic (exact) mass is 499 g/mol. The summed E-state index contributed by atoms with van der Waals surface area (Å²) in [5, 5.41) is 28.9. The van der Waals surface area contributed by atoms with Crippen LogP contribution in [0.2, 0.25) is 0 Å². The molecule has 0 aromatic heterocycles. The van der Waals surface area contributed by atoms with Gasteiger partial charge in [-0.3, -0.25) is 9.69 Å². The lowest BCUT2D eigenvalue weighted by atomic mass is 9.86. The van der Waals surface area contributed by atoms with E-state index in [2.05, 4.69) is 19.1 Å². The smallest absolute Gasteiger partial charge is 0.306 e. The number of aliphatic hydroxyl groups is 2. The number of rotatable bonds is 20. The molecule has 3 N–H and O–H groups in total. The second-order valence-electron chi connectivity index (χ2n) is 11.5. The summed E-state index contributed by atoms with van der Waals surface area (Å²) in [6.45, 7) is 11.4. The molecule has 5 heteroatoms. The summed E-state index contributed by atoms with van der Waals surface area (Å²) in [6, 6.07) is 0. The van der Waals surface area contributed by atoms with Crippen molar-refractivity contribution >= 4 is 5.97 Å². The van der Waals surface area contributed by atoms with E-state index >= 15 is 0 Å². The predicted octanol–water partition coefficient (Wildman–Crippen LogP) is 7.80. The lowest BCUT2D eigenvalue weighted by Crippen LogP contribution is -2.60. The highest BCUT2D eigenvalue weighted by Gasteiger charge is 2.44. The number of allylic oxidation sites excluding steroid dienone is 2. The van der Waals surface area contributed by atoms with Crippen LogP contribution in [0.4, 0.5) is 0 Å². The van der Waals surface area contributed by atoms with E-state index in [9.17, 15) is 15.0 Å². The van der Waals surface area contributed by atoms with E-state index in [0.717, 1.165) is 12.8 Å². The van der Waals surface area contributed by atoms with Crippen LogP contribution in [0.15, 0.2) is 12.2 Å². The summed E-state index contributed by atoms with van der Waals surface area (Å²) >= 11 is 0. The number of nitrogens with zero attached hydrogens (tertiary/aromatic N) is 1. The highest BCUT2D eigenvalue weighted by molar-refractivity contribution is 5.69. The van der Waals surface area contributed by atoms with E-state index in [1.54, 1.807) is 39.8 Å². The van der Waals surface area contributed by atoms with Gasteiger partial charge in [0.2, 0.25) is 0 Å². The number of aliphatic carboxylic acids is 1. The zero-order valence-corrected chi connectivity index (χ0v) is 24.6. The summed E-state index contributed by atoms with van der Waals surface area (Å²) in [7, 11) is 3.56. The van der Waals surface area contributed by atoms with Crippen molar-refractivity contribution < 1.29 is 20.1 Å². The molecule has 0 rings (SSSR count). The van der Waals surface area contributed by atoms with Gasteiger partial charge in [-0.2, -0.15) is 0 Å². The van der Waals surface area contributed by atoms with Gasteiger partial charge < -0.3 is 15.3 Å². The Kier molecular flexibility index (Phi) is 22.0. The number of hydrogen-bond donors (Lipinski definition) is 3. The number of unbranched alkanes of at least 4 members (excludes halogenated alkanes) is 11. The van der Waals surface area contributed by atoms with Gasteiger partial charge in [-0.25, -0.2) is 0 Å². The molecule has 5 nitrogen and oxygen atoms in total. The largest absolute Gasteiger partial charge is 0.481 e. The number of carboxylic acid groups (broad SMARTS) is 1. The van der Waals surface area contributed by atoms with E-state index in [4.69, 9.17) is 5.11 Å². The molecule has 0 spiro atoms. The van der Waals surface area contributed by atoms with E-state index in [1.165, 1.54) is 77.0 Å². The van der Waals surface area contributed by atoms with E-state index in [0.29, 0.717) is 12.3 Å². The summed E-state index contributed by atoms with van der Waals surface area (Å²) in [4.78, 5) is 12.3. The van der Waals surface area contributed by atoms with E-state index in [-0.39, 0.29) is 5.92 Å². The standard InChI is InChI=1S/C20H38O2.C10H23NO2/c1-3-4-5-6-7-8-9-10-11-12-13-14-15-16-17-18-19(2)20(21)22;1-8(2)7-10(13,11(5)6)9(3,4)12/h11-12,19H,3-10,13-18H2,1-2H3,(H,21,22);8,12-13H,7H2,1-6H3. The van der Waals surface area contributed by atoms with Gasteiger partial charge >= 0.3 is 5.97 Å². The molecule has 0 saturated heterocycles. The maximum Gasteiger partial charge on any atom is 0.306 e. The minimum absolute atomic E-state index is 0.179. The average molecular weight is 500 g/mol. The highest BCUT2D eigenvalue weighted by Crippen LogP contribution is 2.30. The van der Waals surface area contributed by atoms with Crippen LogP contribution < -0.4 is 0 Å². The SMILES string of the molecule is CC(C)CC(O)(N(C)C)C(C)(C)O.CCCCCCCCCC=CCCCCCCC(C)C(=O)O. The Labute approximate surface area is 218 Å². The van der Waals surface area contributed by atoms with Gasteiger partial charge in [-0.05, 0) is 72.4 Å². The van der Waals surface area contributed by atoms with Crippen LogP contribution in [0, 0.1) is 11.8 Å². The van der Waals surface area contributed by atoms with Crippen molar-refractivity contribution in [1.82, 2.24) is 4.90 Å². The fourth-order valence-electron chi connectivity index (χ4n) is 4.19. The summed E-state index contributed by atoms with van der Waals surface area (Å²) in [5.74, 6) is -0.492.